The van der Waals surface area contributed by atoms with Crippen molar-refractivity contribution in [3.63, 3.8) is 0 Å². The first-order valence-electron chi connectivity index (χ1n) is 9.04. The van der Waals surface area contributed by atoms with Crippen LogP contribution in [-0.4, -0.2) is 10.5 Å². The van der Waals surface area contributed by atoms with Crippen molar-refractivity contribution >= 4 is 33.2 Å². The van der Waals surface area contributed by atoms with E-state index in [9.17, 15) is 4.79 Å². The van der Waals surface area contributed by atoms with Crippen molar-refractivity contribution in [3.05, 3.63) is 105 Å². The number of carbonyl (C=O) groups is 1. The fourth-order valence-electron chi connectivity index (χ4n) is 2.91. The Morgan fingerprint density at radius 2 is 1.66 bits per heavy atom. The Labute approximate surface area is 181 Å². The summed E-state index contributed by atoms with van der Waals surface area (Å²) >= 11 is 4.96. The zero-order valence-corrected chi connectivity index (χ0v) is 18.1. The third kappa shape index (κ3) is 4.39. The Bertz CT molecular complexity index is 1190. The second-order valence-electron chi connectivity index (χ2n) is 6.50. The van der Waals surface area contributed by atoms with Crippen molar-refractivity contribution in [1.29, 1.82) is 0 Å². The first kappa shape index (κ1) is 19.4. The van der Waals surface area contributed by atoms with Crippen molar-refractivity contribution in [2.75, 3.05) is 0 Å². The van der Waals surface area contributed by atoms with E-state index >= 15 is 0 Å². The normalized spacial score (nSPS) is 11.4. The SMILES string of the molecule is Cc1ccc(C(=O)N/N=c2/scc(-c3ccc(Br)cc3)n2-c2ccccc2)cc1. The van der Waals surface area contributed by atoms with Crippen LogP contribution in [0.2, 0.25) is 0 Å². The van der Waals surface area contributed by atoms with Crippen molar-refractivity contribution in [2.45, 2.75) is 6.92 Å². The Balaban J connectivity index is 1.75. The van der Waals surface area contributed by atoms with E-state index in [1.165, 1.54) is 11.3 Å². The smallest absolute Gasteiger partial charge is 0.271 e. The molecule has 0 aliphatic carbocycles. The van der Waals surface area contributed by atoms with Crippen LogP contribution in [0.25, 0.3) is 16.9 Å². The number of aryl methyl sites for hydroxylation is 1. The summed E-state index contributed by atoms with van der Waals surface area (Å²) in [5, 5.41) is 6.47. The van der Waals surface area contributed by atoms with E-state index in [2.05, 4.69) is 38.6 Å². The quantitative estimate of drug-likeness (QED) is 0.397. The minimum Gasteiger partial charge on any atom is -0.284 e. The van der Waals surface area contributed by atoms with Crippen LogP contribution >= 0.6 is 27.3 Å². The molecule has 0 fully saturated rings. The molecular formula is C23H18BrN3OS. The number of benzene rings is 3. The maximum Gasteiger partial charge on any atom is 0.271 e. The molecule has 1 amide bonds. The molecule has 1 N–H and O–H groups in total. The van der Waals surface area contributed by atoms with E-state index in [0.717, 1.165) is 27.0 Å². The van der Waals surface area contributed by atoms with Gasteiger partial charge in [0.1, 0.15) is 0 Å². The monoisotopic (exact) mass is 463 g/mol. The van der Waals surface area contributed by atoms with Crippen molar-refractivity contribution < 1.29 is 4.79 Å². The predicted octanol–water partition coefficient (Wildman–Crippen LogP) is 5.52. The lowest BCUT2D eigenvalue weighted by molar-refractivity contribution is 0.0953. The molecule has 0 unspecified atom stereocenters. The van der Waals surface area contributed by atoms with E-state index in [1.54, 1.807) is 12.1 Å². The number of amides is 1. The first-order valence-corrected chi connectivity index (χ1v) is 10.7. The molecule has 1 heterocycles. The number of aromatic nitrogens is 1. The zero-order valence-electron chi connectivity index (χ0n) is 15.7. The summed E-state index contributed by atoms with van der Waals surface area (Å²) in [5.74, 6) is -0.233. The summed E-state index contributed by atoms with van der Waals surface area (Å²) in [7, 11) is 0. The van der Waals surface area contributed by atoms with E-state index in [0.29, 0.717) is 10.4 Å². The third-order valence-corrected chi connectivity index (χ3v) is 5.78. The number of halogens is 1. The average molecular weight is 464 g/mol. The summed E-state index contributed by atoms with van der Waals surface area (Å²) < 4.78 is 3.07. The van der Waals surface area contributed by atoms with E-state index < -0.39 is 0 Å². The number of hydrogen-bond donors (Lipinski definition) is 1. The summed E-state index contributed by atoms with van der Waals surface area (Å²) in [4.78, 5) is 13.2. The molecule has 3 aromatic carbocycles. The first-order chi connectivity index (χ1) is 14.1. The summed E-state index contributed by atoms with van der Waals surface area (Å²) in [6.45, 7) is 1.99. The predicted molar refractivity (Wildman–Crippen MR) is 121 cm³/mol. The van der Waals surface area contributed by atoms with Crippen molar-refractivity contribution in [2.24, 2.45) is 5.10 Å². The minimum absolute atomic E-state index is 0.233. The van der Waals surface area contributed by atoms with Gasteiger partial charge in [-0.3, -0.25) is 9.36 Å². The standard InChI is InChI=1S/C23H18BrN3OS/c1-16-7-9-18(10-8-16)22(28)25-26-23-27(20-5-3-2-4-6-20)21(15-29-23)17-11-13-19(24)14-12-17/h2-15H,1H3,(H,25,28)/b26-23+. The van der Waals surface area contributed by atoms with Crippen LogP contribution in [0.1, 0.15) is 15.9 Å². The highest BCUT2D eigenvalue weighted by molar-refractivity contribution is 9.10. The van der Waals surface area contributed by atoms with Gasteiger partial charge in [0, 0.05) is 21.1 Å². The van der Waals surface area contributed by atoms with Gasteiger partial charge in [0.25, 0.3) is 5.91 Å². The van der Waals surface area contributed by atoms with E-state index in [1.807, 2.05) is 71.5 Å². The maximum absolute atomic E-state index is 12.5. The fraction of sp³-hybridized carbons (Fsp3) is 0.0435. The number of nitrogens with one attached hydrogen (secondary N) is 1. The lowest BCUT2D eigenvalue weighted by atomic mass is 10.1. The Morgan fingerprint density at radius 3 is 2.34 bits per heavy atom. The molecule has 0 saturated carbocycles. The molecule has 0 aliphatic heterocycles. The van der Waals surface area contributed by atoms with Gasteiger partial charge in [-0.1, -0.05) is 64.0 Å². The Hall–Kier alpha value is -2.96. The molecule has 4 nitrogen and oxygen atoms in total. The van der Waals surface area contributed by atoms with Gasteiger partial charge in [0.15, 0.2) is 0 Å². The highest BCUT2D eigenvalue weighted by Gasteiger charge is 2.11. The number of rotatable bonds is 4. The van der Waals surface area contributed by atoms with Crippen LogP contribution in [0.3, 0.4) is 0 Å². The van der Waals surface area contributed by atoms with Crippen LogP contribution in [0.4, 0.5) is 0 Å². The molecule has 4 aromatic rings. The number of thiazole rings is 1. The molecule has 0 bridgehead atoms. The van der Waals surface area contributed by atoms with Gasteiger partial charge in [-0.2, -0.15) is 0 Å². The van der Waals surface area contributed by atoms with Gasteiger partial charge in [-0.15, -0.1) is 16.4 Å². The number of nitrogens with zero attached hydrogens (tertiary/aromatic N) is 2. The average Bonchev–Trinajstić information content (AvgIpc) is 3.17. The Morgan fingerprint density at radius 1 is 0.966 bits per heavy atom. The van der Waals surface area contributed by atoms with Gasteiger partial charge < -0.3 is 0 Å². The topological polar surface area (TPSA) is 46.4 Å². The van der Waals surface area contributed by atoms with Crippen LogP contribution in [0.5, 0.6) is 0 Å². The molecule has 0 atom stereocenters. The van der Waals surface area contributed by atoms with Crippen LogP contribution in [0.15, 0.2) is 93.8 Å². The van der Waals surface area contributed by atoms with Gasteiger partial charge in [0.2, 0.25) is 4.80 Å². The van der Waals surface area contributed by atoms with Crippen LogP contribution < -0.4 is 10.2 Å². The molecule has 6 heteroatoms. The van der Waals surface area contributed by atoms with Gasteiger partial charge >= 0.3 is 0 Å². The molecule has 0 radical (unpaired) electrons. The summed E-state index contributed by atoms with van der Waals surface area (Å²) in [6.07, 6.45) is 0. The number of hydrogen-bond acceptors (Lipinski definition) is 3. The second-order valence-corrected chi connectivity index (χ2v) is 8.25. The lowest BCUT2D eigenvalue weighted by Gasteiger charge is -2.09. The minimum atomic E-state index is -0.233. The molecule has 0 aliphatic rings. The molecule has 144 valence electrons. The fourth-order valence-corrected chi connectivity index (χ4v) is 4.04. The summed E-state index contributed by atoms with van der Waals surface area (Å²) in [6, 6.07) is 25.6. The van der Waals surface area contributed by atoms with Crippen molar-refractivity contribution in [1.82, 2.24) is 9.99 Å². The van der Waals surface area contributed by atoms with Crippen molar-refractivity contribution in [3.8, 4) is 16.9 Å². The second kappa shape index (κ2) is 8.59. The van der Waals surface area contributed by atoms with Gasteiger partial charge in [0.05, 0.1) is 5.69 Å². The third-order valence-electron chi connectivity index (χ3n) is 4.43. The molecule has 29 heavy (non-hydrogen) atoms. The molecule has 4 rings (SSSR count). The van der Waals surface area contributed by atoms with Crippen LogP contribution in [0, 0.1) is 6.92 Å². The molecular weight excluding hydrogens is 446 g/mol. The summed E-state index contributed by atoms with van der Waals surface area (Å²) in [5.41, 5.74) is 7.44. The molecule has 1 aromatic heterocycles. The highest BCUT2D eigenvalue weighted by atomic mass is 79.9. The Kier molecular flexibility index (Phi) is 5.74. The zero-order chi connectivity index (χ0) is 20.2. The highest BCUT2D eigenvalue weighted by Crippen LogP contribution is 2.25. The van der Waals surface area contributed by atoms with Gasteiger partial charge in [-0.05, 0) is 48.9 Å². The van der Waals surface area contributed by atoms with Gasteiger partial charge in [-0.25, -0.2) is 5.43 Å². The molecule has 0 spiro atoms. The largest absolute Gasteiger partial charge is 0.284 e. The molecule has 0 saturated heterocycles. The number of carbonyl (C=O) groups excluding carboxylic acids is 1. The van der Waals surface area contributed by atoms with E-state index in [4.69, 9.17) is 0 Å². The van der Waals surface area contributed by atoms with Crippen LogP contribution in [-0.2, 0) is 0 Å². The van der Waals surface area contributed by atoms with E-state index in [-0.39, 0.29) is 5.91 Å². The lowest BCUT2D eigenvalue weighted by Crippen LogP contribution is -2.24. The number of para-hydroxylation sites is 1. The maximum atomic E-state index is 12.5.